The lowest BCUT2D eigenvalue weighted by molar-refractivity contribution is 0.0471. The van der Waals surface area contributed by atoms with Crippen LogP contribution < -0.4 is 5.73 Å². The van der Waals surface area contributed by atoms with Crippen LogP contribution in [0.4, 0.5) is 0 Å². The first-order valence-electron chi connectivity index (χ1n) is 7.07. The molecule has 1 aliphatic rings. The molecule has 2 N–H and O–H groups in total. The molecular weight excluding hydrogens is 208 g/mol. The predicted molar refractivity (Wildman–Crippen MR) is 76.1 cm³/mol. The number of nitrogens with two attached hydrogens (primary N) is 1. The lowest BCUT2D eigenvalue weighted by Crippen LogP contribution is -2.59. The molecule has 1 saturated carbocycles. The van der Waals surface area contributed by atoms with E-state index in [1.54, 1.807) is 0 Å². The summed E-state index contributed by atoms with van der Waals surface area (Å²) in [4.78, 5) is 2.39. The summed E-state index contributed by atoms with van der Waals surface area (Å²) in [6.45, 7) is 6.15. The van der Waals surface area contributed by atoms with Crippen LogP contribution in [-0.2, 0) is 0 Å². The van der Waals surface area contributed by atoms with Crippen LogP contribution in [0.2, 0.25) is 0 Å². The minimum absolute atomic E-state index is 0.235. The fourth-order valence-corrected chi connectivity index (χ4v) is 3.39. The van der Waals surface area contributed by atoms with Gasteiger partial charge in [-0.2, -0.15) is 0 Å². The fourth-order valence-electron chi connectivity index (χ4n) is 3.39. The molecule has 100 valence electrons. The number of hydrogen-bond acceptors (Lipinski definition) is 2. The van der Waals surface area contributed by atoms with Gasteiger partial charge in [-0.25, -0.2) is 0 Å². The van der Waals surface area contributed by atoms with Gasteiger partial charge in [0, 0.05) is 11.6 Å². The third kappa shape index (κ3) is 3.56. The Morgan fingerprint density at radius 3 is 2.76 bits per heavy atom. The van der Waals surface area contributed by atoms with Crippen molar-refractivity contribution >= 4 is 0 Å². The average Bonchev–Trinajstić information content (AvgIpc) is 2.28. The Hall–Kier alpha value is -0.340. The molecule has 0 saturated heterocycles. The molecule has 0 aromatic heterocycles. The molecule has 2 heteroatoms. The Balaban J connectivity index is 2.65. The van der Waals surface area contributed by atoms with Crippen LogP contribution in [0.1, 0.15) is 51.9 Å². The molecule has 2 nitrogen and oxygen atoms in total. The summed E-state index contributed by atoms with van der Waals surface area (Å²) in [5, 5.41) is 0. The van der Waals surface area contributed by atoms with Gasteiger partial charge in [0.1, 0.15) is 0 Å². The zero-order valence-corrected chi connectivity index (χ0v) is 11.9. The number of nitrogens with zero attached hydrogens (tertiary/aromatic N) is 1. The first-order valence-corrected chi connectivity index (χ1v) is 7.07. The monoisotopic (exact) mass is 238 g/mol. The number of likely N-dealkylation sites (N-methyl/N-ethyl adjacent to an activating group) is 1. The van der Waals surface area contributed by atoms with Crippen molar-refractivity contribution in [3.05, 3.63) is 12.7 Å². The molecule has 0 aromatic carbocycles. The molecule has 3 unspecified atom stereocenters. The summed E-state index contributed by atoms with van der Waals surface area (Å²) >= 11 is 0. The Kier molecular flexibility index (Phi) is 5.68. The molecule has 3 atom stereocenters. The van der Waals surface area contributed by atoms with E-state index in [0.29, 0.717) is 6.04 Å². The molecule has 1 fully saturated rings. The van der Waals surface area contributed by atoms with Crippen molar-refractivity contribution in [3.8, 4) is 0 Å². The quantitative estimate of drug-likeness (QED) is 0.569. The molecule has 1 aliphatic carbocycles. The molecule has 1 rings (SSSR count). The third-order valence-corrected chi connectivity index (χ3v) is 4.51. The van der Waals surface area contributed by atoms with Crippen molar-refractivity contribution in [2.24, 2.45) is 11.7 Å². The van der Waals surface area contributed by atoms with Crippen LogP contribution in [0.3, 0.4) is 0 Å². The van der Waals surface area contributed by atoms with Gasteiger partial charge in [-0.15, -0.1) is 6.58 Å². The highest BCUT2D eigenvalue weighted by atomic mass is 15.2. The first-order chi connectivity index (χ1) is 8.03. The molecule has 0 bridgehead atoms. The Bertz CT molecular complexity index is 237. The van der Waals surface area contributed by atoms with E-state index in [9.17, 15) is 0 Å². The average molecular weight is 238 g/mol. The van der Waals surface area contributed by atoms with Crippen LogP contribution in [0, 0.1) is 5.92 Å². The fraction of sp³-hybridized carbons (Fsp3) is 0.867. The summed E-state index contributed by atoms with van der Waals surface area (Å²) < 4.78 is 0. The minimum Gasteiger partial charge on any atom is -0.326 e. The van der Waals surface area contributed by atoms with Crippen molar-refractivity contribution in [2.75, 3.05) is 14.1 Å². The van der Waals surface area contributed by atoms with E-state index in [1.165, 1.54) is 32.1 Å². The highest BCUT2D eigenvalue weighted by Crippen LogP contribution is 2.38. The van der Waals surface area contributed by atoms with Crippen LogP contribution in [-0.4, -0.2) is 30.6 Å². The summed E-state index contributed by atoms with van der Waals surface area (Å²) in [5.41, 5.74) is 6.75. The van der Waals surface area contributed by atoms with Gasteiger partial charge in [-0.1, -0.05) is 25.8 Å². The summed E-state index contributed by atoms with van der Waals surface area (Å²) in [7, 11) is 4.40. The highest BCUT2D eigenvalue weighted by Gasteiger charge is 2.41. The number of unbranched alkanes of at least 4 members (excludes halogenated alkanes) is 1. The molecule has 17 heavy (non-hydrogen) atoms. The van der Waals surface area contributed by atoms with Crippen molar-refractivity contribution in [2.45, 2.75) is 63.5 Å². The molecule has 0 aromatic rings. The van der Waals surface area contributed by atoms with Crippen LogP contribution in [0.25, 0.3) is 0 Å². The van der Waals surface area contributed by atoms with Crippen LogP contribution >= 0.6 is 0 Å². The molecule has 0 aliphatic heterocycles. The van der Waals surface area contributed by atoms with Crippen molar-refractivity contribution in [1.82, 2.24) is 4.90 Å². The standard InChI is InChI=1S/C15H30N2/c1-5-6-7-10-14(16)15(17(3)4)11-8-9-13(2)12-15/h5,13-14H,1,6-12,16H2,2-4H3. The molecule has 0 spiro atoms. The second kappa shape index (κ2) is 6.55. The third-order valence-electron chi connectivity index (χ3n) is 4.51. The second-order valence-electron chi connectivity index (χ2n) is 6.03. The highest BCUT2D eigenvalue weighted by molar-refractivity contribution is 5.00. The van der Waals surface area contributed by atoms with E-state index in [2.05, 4.69) is 32.5 Å². The number of allylic oxidation sites excluding steroid dienone is 1. The van der Waals surface area contributed by atoms with E-state index in [4.69, 9.17) is 5.73 Å². The van der Waals surface area contributed by atoms with Gasteiger partial charge >= 0.3 is 0 Å². The van der Waals surface area contributed by atoms with Gasteiger partial charge in [0.2, 0.25) is 0 Å². The van der Waals surface area contributed by atoms with Crippen molar-refractivity contribution in [1.29, 1.82) is 0 Å². The van der Waals surface area contributed by atoms with E-state index < -0.39 is 0 Å². The summed E-state index contributed by atoms with van der Waals surface area (Å²) in [6, 6.07) is 0.306. The van der Waals surface area contributed by atoms with Gasteiger partial charge < -0.3 is 10.6 Å². The van der Waals surface area contributed by atoms with E-state index in [-0.39, 0.29) is 5.54 Å². The zero-order valence-electron chi connectivity index (χ0n) is 11.9. The van der Waals surface area contributed by atoms with Crippen molar-refractivity contribution < 1.29 is 0 Å². The lowest BCUT2D eigenvalue weighted by Gasteiger charge is -2.49. The van der Waals surface area contributed by atoms with Crippen LogP contribution in [0.5, 0.6) is 0 Å². The van der Waals surface area contributed by atoms with Crippen molar-refractivity contribution in [3.63, 3.8) is 0 Å². The summed E-state index contributed by atoms with van der Waals surface area (Å²) in [6.07, 6.45) is 10.6. The molecule has 0 heterocycles. The Morgan fingerprint density at radius 1 is 1.53 bits per heavy atom. The number of hydrogen-bond donors (Lipinski definition) is 1. The lowest BCUT2D eigenvalue weighted by atomic mass is 9.70. The first kappa shape index (κ1) is 14.7. The number of rotatable bonds is 6. The maximum Gasteiger partial charge on any atom is 0.0356 e. The van der Waals surface area contributed by atoms with Gasteiger partial charge in [-0.05, 0) is 52.1 Å². The van der Waals surface area contributed by atoms with Crippen LogP contribution in [0.15, 0.2) is 12.7 Å². The Labute approximate surface area is 107 Å². The van der Waals surface area contributed by atoms with E-state index in [1.807, 2.05) is 6.08 Å². The zero-order chi connectivity index (χ0) is 12.9. The topological polar surface area (TPSA) is 29.3 Å². The predicted octanol–water partition coefficient (Wildman–Crippen LogP) is 3.18. The molecule has 0 radical (unpaired) electrons. The SMILES string of the molecule is C=CCCCC(N)C1(N(C)C)CCCC(C)C1. The maximum atomic E-state index is 6.51. The molecule has 0 amide bonds. The van der Waals surface area contributed by atoms with E-state index in [0.717, 1.165) is 18.8 Å². The largest absolute Gasteiger partial charge is 0.326 e. The van der Waals surface area contributed by atoms with Gasteiger partial charge in [0.15, 0.2) is 0 Å². The second-order valence-corrected chi connectivity index (χ2v) is 6.03. The van der Waals surface area contributed by atoms with Gasteiger partial charge in [-0.3, -0.25) is 0 Å². The Morgan fingerprint density at radius 2 is 2.24 bits per heavy atom. The minimum atomic E-state index is 0.235. The summed E-state index contributed by atoms with van der Waals surface area (Å²) in [5.74, 6) is 0.816. The molecular formula is C15H30N2. The smallest absolute Gasteiger partial charge is 0.0356 e. The van der Waals surface area contributed by atoms with E-state index >= 15 is 0 Å². The van der Waals surface area contributed by atoms with Gasteiger partial charge in [0.05, 0.1) is 0 Å². The van der Waals surface area contributed by atoms with Gasteiger partial charge in [0.25, 0.3) is 0 Å². The normalized spacial score (nSPS) is 31.5. The maximum absolute atomic E-state index is 6.51.